The van der Waals surface area contributed by atoms with E-state index in [-0.39, 0.29) is 18.4 Å². The number of benzene rings is 1. The third kappa shape index (κ3) is 3.54. The highest BCUT2D eigenvalue weighted by Crippen LogP contribution is 2.25. The highest BCUT2D eigenvalue weighted by atomic mass is 16.5. The average molecular weight is 291 g/mol. The van der Waals surface area contributed by atoms with Gasteiger partial charge < -0.3 is 14.7 Å². The molecule has 1 saturated heterocycles. The summed E-state index contributed by atoms with van der Waals surface area (Å²) < 4.78 is 5.52. The lowest BCUT2D eigenvalue weighted by Gasteiger charge is -2.16. The first-order valence-corrected chi connectivity index (χ1v) is 7.28. The summed E-state index contributed by atoms with van der Waals surface area (Å²) in [6, 6.07) is 7.06. The van der Waals surface area contributed by atoms with E-state index in [9.17, 15) is 9.59 Å². The van der Waals surface area contributed by atoms with Crippen molar-refractivity contribution in [3.8, 4) is 5.75 Å². The molecule has 2 rings (SSSR count). The molecule has 0 saturated carbocycles. The molecule has 0 radical (unpaired) electrons. The van der Waals surface area contributed by atoms with Gasteiger partial charge in [0.25, 0.3) is 5.91 Å². The van der Waals surface area contributed by atoms with E-state index in [0.717, 1.165) is 6.42 Å². The molecular formula is C16H21NO4. The standard InChI is InChI=1S/C16H21NO4/c1-3-7-21-13-6-4-5-12(8-13)15(18)17-9-11(2)14(10-17)16(19)20/h4-6,8,11,14H,3,7,9-10H2,1-2H3,(H,19,20)/t11-,14-/m1/s1. The van der Waals surface area contributed by atoms with Gasteiger partial charge in [-0.1, -0.05) is 19.9 Å². The van der Waals surface area contributed by atoms with Crippen LogP contribution in [0.1, 0.15) is 30.6 Å². The minimum absolute atomic E-state index is 0.0222. The topological polar surface area (TPSA) is 66.8 Å². The van der Waals surface area contributed by atoms with Gasteiger partial charge in [0.15, 0.2) is 0 Å². The monoisotopic (exact) mass is 291 g/mol. The molecule has 1 amide bonds. The van der Waals surface area contributed by atoms with Crippen molar-refractivity contribution in [3.05, 3.63) is 29.8 Å². The number of ether oxygens (including phenoxy) is 1. The number of nitrogens with zero attached hydrogens (tertiary/aromatic N) is 1. The summed E-state index contributed by atoms with van der Waals surface area (Å²) in [4.78, 5) is 25.2. The van der Waals surface area contributed by atoms with Crippen LogP contribution >= 0.6 is 0 Å². The van der Waals surface area contributed by atoms with Gasteiger partial charge in [-0.2, -0.15) is 0 Å². The van der Waals surface area contributed by atoms with Crippen LogP contribution in [0.5, 0.6) is 5.75 Å². The van der Waals surface area contributed by atoms with Crippen LogP contribution in [0, 0.1) is 11.8 Å². The Kier molecular flexibility index (Phi) is 4.83. The van der Waals surface area contributed by atoms with Gasteiger partial charge in [-0.05, 0) is 30.5 Å². The van der Waals surface area contributed by atoms with E-state index in [4.69, 9.17) is 9.84 Å². The van der Waals surface area contributed by atoms with Crippen molar-refractivity contribution < 1.29 is 19.4 Å². The van der Waals surface area contributed by atoms with Crippen LogP contribution in [0.3, 0.4) is 0 Å². The SMILES string of the molecule is CCCOc1cccc(C(=O)N2C[C@@H](C)[C@H](C(=O)O)C2)c1. The molecule has 1 aliphatic heterocycles. The summed E-state index contributed by atoms with van der Waals surface area (Å²) in [5.74, 6) is -0.797. The predicted molar refractivity (Wildman–Crippen MR) is 78.4 cm³/mol. The Labute approximate surface area is 124 Å². The van der Waals surface area contributed by atoms with Crippen LogP contribution in [0.2, 0.25) is 0 Å². The molecule has 1 fully saturated rings. The Morgan fingerprint density at radius 2 is 2.14 bits per heavy atom. The van der Waals surface area contributed by atoms with E-state index in [0.29, 0.717) is 24.5 Å². The van der Waals surface area contributed by atoms with Crippen LogP contribution in [0.25, 0.3) is 0 Å². The summed E-state index contributed by atoms with van der Waals surface area (Å²) in [6.07, 6.45) is 0.905. The number of carboxylic acid groups (broad SMARTS) is 1. The quantitative estimate of drug-likeness (QED) is 0.903. The van der Waals surface area contributed by atoms with Crippen LogP contribution < -0.4 is 4.74 Å². The Morgan fingerprint density at radius 3 is 2.76 bits per heavy atom. The van der Waals surface area contributed by atoms with Crippen molar-refractivity contribution in [1.29, 1.82) is 0 Å². The molecule has 5 heteroatoms. The molecule has 0 unspecified atom stereocenters. The number of rotatable bonds is 5. The maximum absolute atomic E-state index is 12.5. The Balaban J connectivity index is 2.08. The maximum atomic E-state index is 12.5. The fourth-order valence-corrected chi connectivity index (χ4v) is 2.58. The molecule has 1 aliphatic rings. The summed E-state index contributed by atoms with van der Waals surface area (Å²) in [5.41, 5.74) is 0.543. The third-order valence-electron chi connectivity index (χ3n) is 3.77. The van der Waals surface area contributed by atoms with E-state index >= 15 is 0 Å². The zero-order valence-electron chi connectivity index (χ0n) is 12.4. The fourth-order valence-electron chi connectivity index (χ4n) is 2.58. The second-order valence-corrected chi connectivity index (χ2v) is 5.51. The molecule has 0 aliphatic carbocycles. The van der Waals surface area contributed by atoms with Gasteiger partial charge in [-0.25, -0.2) is 0 Å². The Bertz CT molecular complexity index is 529. The smallest absolute Gasteiger partial charge is 0.308 e. The molecule has 5 nitrogen and oxygen atoms in total. The molecule has 1 N–H and O–H groups in total. The number of hydrogen-bond acceptors (Lipinski definition) is 3. The van der Waals surface area contributed by atoms with Crippen LogP contribution in [-0.4, -0.2) is 41.6 Å². The molecule has 1 heterocycles. The minimum atomic E-state index is -0.835. The summed E-state index contributed by atoms with van der Waals surface area (Å²) in [6.45, 7) is 5.25. The van der Waals surface area contributed by atoms with E-state index in [1.54, 1.807) is 23.1 Å². The number of carboxylic acids is 1. The van der Waals surface area contributed by atoms with E-state index < -0.39 is 11.9 Å². The number of carbonyl (C=O) groups excluding carboxylic acids is 1. The number of likely N-dealkylation sites (tertiary alicyclic amines) is 1. The first-order valence-electron chi connectivity index (χ1n) is 7.28. The molecule has 2 atom stereocenters. The largest absolute Gasteiger partial charge is 0.494 e. The van der Waals surface area contributed by atoms with E-state index in [1.807, 2.05) is 19.9 Å². The van der Waals surface area contributed by atoms with E-state index in [1.165, 1.54) is 0 Å². The molecule has 114 valence electrons. The minimum Gasteiger partial charge on any atom is -0.494 e. The number of hydrogen-bond donors (Lipinski definition) is 1. The first kappa shape index (κ1) is 15.4. The molecule has 1 aromatic carbocycles. The lowest BCUT2D eigenvalue weighted by atomic mass is 9.99. The highest BCUT2D eigenvalue weighted by Gasteiger charge is 2.37. The highest BCUT2D eigenvalue weighted by molar-refractivity contribution is 5.95. The molecule has 21 heavy (non-hydrogen) atoms. The average Bonchev–Trinajstić information content (AvgIpc) is 2.87. The lowest BCUT2D eigenvalue weighted by molar-refractivity contribution is -0.142. The molecule has 0 aromatic heterocycles. The Morgan fingerprint density at radius 1 is 1.38 bits per heavy atom. The van der Waals surface area contributed by atoms with Gasteiger partial charge in [0.2, 0.25) is 0 Å². The second kappa shape index (κ2) is 6.61. The number of aliphatic carboxylic acids is 1. The van der Waals surface area contributed by atoms with Crippen LogP contribution in [0.4, 0.5) is 0 Å². The lowest BCUT2D eigenvalue weighted by Crippen LogP contribution is -2.29. The van der Waals surface area contributed by atoms with E-state index in [2.05, 4.69) is 0 Å². The van der Waals surface area contributed by atoms with Crippen molar-refractivity contribution >= 4 is 11.9 Å². The normalized spacial score (nSPS) is 21.3. The van der Waals surface area contributed by atoms with Gasteiger partial charge in [0.05, 0.1) is 12.5 Å². The van der Waals surface area contributed by atoms with Crippen molar-refractivity contribution in [3.63, 3.8) is 0 Å². The molecule has 0 bridgehead atoms. The summed E-state index contributed by atoms with van der Waals surface area (Å²) in [5, 5.41) is 9.14. The van der Waals surface area contributed by atoms with Crippen molar-refractivity contribution in [2.75, 3.05) is 19.7 Å². The predicted octanol–water partition coefficient (Wildman–Crippen LogP) is 2.27. The van der Waals surface area contributed by atoms with Crippen molar-refractivity contribution in [2.45, 2.75) is 20.3 Å². The number of amides is 1. The van der Waals surface area contributed by atoms with Crippen molar-refractivity contribution in [1.82, 2.24) is 4.90 Å². The molecule has 1 aromatic rings. The summed E-state index contributed by atoms with van der Waals surface area (Å²) in [7, 11) is 0. The fraction of sp³-hybridized carbons (Fsp3) is 0.500. The van der Waals surface area contributed by atoms with Gasteiger partial charge >= 0.3 is 5.97 Å². The zero-order chi connectivity index (χ0) is 15.4. The van der Waals surface area contributed by atoms with Crippen LogP contribution in [-0.2, 0) is 4.79 Å². The number of carbonyl (C=O) groups is 2. The van der Waals surface area contributed by atoms with Gasteiger partial charge in [0, 0.05) is 18.7 Å². The maximum Gasteiger partial charge on any atom is 0.308 e. The first-order chi connectivity index (χ1) is 10.0. The molecular weight excluding hydrogens is 270 g/mol. The van der Waals surface area contributed by atoms with Gasteiger partial charge in [-0.15, -0.1) is 0 Å². The van der Waals surface area contributed by atoms with Gasteiger partial charge in [0.1, 0.15) is 5.75 Å². The summed E-state index contributed by atoms with van der Waals surface area (Å²) >= 11 is 0. The molecule has 0 spiro atoms. The zero-order valence-corrected chi connectivity index (χ0v) is 12.4. The van der Waals surface area contributed by atoms with Crippen LogP contribution in [0.15, 0.2) is 24.3 Å². The third-order valence-corrected chi connectivity index (χ3v) is 3.77. The Hall–Kier alpha value is -2.04. The van der Waals surface area contributed by atoms with Crippen molar-refractivity contribution in [2.24, 2.45) is 11.8 Å². The van der Waals surface area contributed by atoms with Gasteiger partial charge in [-0.3, -0.25) is 9.59 Å². The second-order valence-electron chi connectivity index (χ2n) is 5.51.